The Hall–Kier alpha value is -4.73. The van der Waals surface area contributed by atoms with E-state index in [1.807, 2.05) is 0 Å². The molecule has 0 radical (unpaired) electrons. The van der Waals surface area contributed by atoms with Crippen LogP contribution in [0.25, 0.3) is 11.1 Å². The van der Waals surface area contributed by atoms with Gasteiger partial charge in [0.15, 0.2) is 15.9 Å². The topological polar surface area (TPSA) is 201 Å². The highest BCUT2D eigenvalue weighted by Gasteiger charge is 2.23. The number of ether oxygens (including phenoxy) is 3. The number of carbonyl (C=O) groups is 2. The van der Waals surface area contributed by atoms with Crippen molar-refractivity contribution in [3.63, 3.8) is 0 Å². The molecule has 1 unspecified atom stereocenters. The number of hydrogen-bond donors (Lipinski definition) is 0. The molecule has 0 fully saturated rings. The maximum absolute atomic E-state index is 13.0. The Morgan fingerprint density at radius 2 is 1.51 bits per heavy atom. The molecule has 2 aromatic rings. The zero-order valence-corrected chi connectivity index (χ0v) is 21.5. The van der Waals surface area contributed by atoms with Crippen LogP contribution in [0.4, 0.5) is 4.79 Å². The maximum Gasteiger partial charge on any atom is 0.508 e. The first kappa shape index (κ1) is 30.5. The van der Waals surface area contributed by atoms with Gasteiger partial charge in [-0.1, -0.05) is 42.5 Å². The quantitative estimate of drug-likeness (QED) is 0.106. The molecule has 0 aliphatic heterocycles. The SMILES string of the molecule is CCOC(=O)C(=C(COC(=O)OCC(CO[N+](=O)[O-])O[N+](=O)[O-])c1ccc(S(C)(=O)=O)cc1)c1ccccc1. The number of sulfone groups is 1. The van der Waals surface area contributed by atoms with Crippen molar-refractivity contribution in [2.45, 2.75) is 17.9 Å². The number of rotatable bonds is 14. The van der Waals surface area contributed by atoms with Gasteiger partial charge in [-0.3, -0.25) is 0 Å². The fourth-order valence-electron chi connectivity index (χ4n) is 3.13. The lowest BCUT2D eigenvalue weighted by Crippen LogP contribution is -2.30. The number of nitrogens with zero attached hydrogens (tertiary/aromatic N) is 2. The van der Waals surface area contributed by atoms with Gasteiger partial charge in [-0.2, -0.15) is 0 Å². The molecular weight excluding hydrogens is 544 g/mol. The zero-order chi connectivity index (χ0) is 29.0. The second-order valence-electron chi connectivity index (χ2n) is 7.56. The van der Waals surface area contributed by atoms with Gasteiger partial charge in [0.1, 0.15) is 19.8 Å². The summed E-state index contributed by atoms with van der Waals surface area (Å²) in [4.78, 5) is 54.4. The molecule has 2 rings (SSSR count). The fraction of sp³-hybridized carbons (Fsp3) is 0.304. The van der Waals surface area contributed by atoms with Crippen molar-refractivity contribution < 1.29 is 52.1 Å². The Morgan fingerprint density at radius 3 is 2.05 bits per heavy atom. The maximum atomic E-state index is 13.0. The average molecular weight is 569 g/mol. The first-order chi connectivity index (χ1) is 18.4. The summed E-state index contributed by atoms with van der Waals surface area (Å²) < 4.78 is 38.9. The molecule has 0 saturated carbocycles. The number of benzene rings is 2. The van der Waals surface area contributed by atoms with Crippen LogP contribution >= 0.6 is 0 Å². The molecule has 39 heavy (non-hydrogen) atoms. The predicted molar refractivity (Wildman–Crippen MR) is 132 cm³/mol. The minimum Gasteiger partial charge on any atom is -0.462 e. The highest BCUT2D eigenvalue weighted by Crippen LogP contribution is 2.29. The molecule has 2 aromatic carbocycles. The summed E-state index contributed by atoms with van der Waals surface area (Å²) in [7, 11) is -3.53. The van der Waals surface area contributed by atoms with E-state index < -0.39 is 58.1 Å². The Balaban J connectivity index is 2.38. The molecule has 16 heteroatoms. The van der Waals surface area contributed by atoms with Gasteiger partial charge in [0.05, 0.1) is 17.1 Å². The minimum absolute atomic E-state index is 0.0112. The first-order valence-electron chi connectivity index (χ1n) is 11.1. The zero-order valence-electron chi connectivity index (χ0n) is 20.7. The number of carbonyl (C=O) groups excluding carboxylic acids is 2. The smallest absolute Gasteiger partial charge is 0.462 e. The van der Waals surface area contributed by atoms with Crippen molar-refractivity contribution in [1.82, 2.24) is 0 Å². The van der Waals surface area contributed by atoms with Crippen molar-refractivity contribution in [1.29, 1.82) is 0 Å². The van der Waals surface area contributed by atoms with Crippen LogP contribution in [0.5, 0.6) is 0 Å². The monoisotopic (exact) mass is 568 g/mol. The molecule has 0 aliphatic carbocycles. The highest BCUT2D eigenvalue weighted by atomic mass is 32.2. The van der Waals surface area contributed by atoms with Crippen LogP contribution in [-0.4, -0.2) is 69.5 Å². The van der Waals surface area contributed by atoms with E-state index in [1.165, 1.54) is 24.3 Å². The van der Waals surface area contributed by atoms with Crippen molar-refractivity contribution >= 4 is 33.1 Å². The van der Waals surface area contributed by atoms with E-state index in [0.29, 0.717) is 11.1 Å². The van der Waals surface area contributed by atoms with Crippen LogP contribution in [0.3, 0.4) is 0 Å². The summed E-state index contributed by atoms with van der Waals surface area (Å²) >= 11 is 0. The van der Waals surface area contributed by atoms with Gasteiger partial charge in [-0.25, -0.2) is 18.0 Å². The molecule has 15 nitrogen and oxygen atoms in total. The molecule has 0 spiro atoms. The van der Waals surface area contributed by atoms with Gasteiger partial charge in [-0.05, 0) is 30.2 Å². The fourth-order valence-corrected chi connectivity index (χ4v) is 3.77. The molecule has 0 saturated heterocycles. The second kappa shape index (κ2) is 14.3. The van der Waals surface area contributed by atoms with Crippen molar-refractivity contribution in [3.8, 4) is 0 Å². The van der Waals surface area contributed by atoms with Crippen molar-refractivity contribution in [2.24, 2.45) is 0 Å². The van der Waals surface area contributed by atoms with Gasteiger partial charge in [0.2, 0.25) is 0 Å². The van der Waals surface area contributed by atoms with Gasteiger partial charge in [-0.15, -0.1) is 20.2 Å². The molecule has 0 amide bonds. The standard InChI is InChI=1S/C23H24N2O13S/c1-3-34-22(26)21(17-7-5-4-6-8-17)20(16-9-11-19(12-10-16)39(2,32)33)15-36-23(27)35-13-18(38-25(30)31)14-37-24(28)29/h4-12,18H,3,13-15H2,1-2H3. The second-order valence-corrected chi connectivity index (χ2v) is 9.57. The molecule has 210 valence electrons. The molecule has 0 bridgehead atoms. The third kappa shape index (κ3) is 9.92. The normalized spacial score (nSPS) is 12.4. The lowest BCUT2D eigenvalue weighted by atomic mass is 9.95. The van der Waals surface area contributed by atoms with Crippen LogP contribution in [-0.2, 0) is 38.5 Å². The summed E-state index contributed by atoms with van der Waals surface area (Å²) in [6.45, 7) is -0.686. The Morgan fingerprint density at radius 1 is 0.872 bits per heavy atom. The van der Waals surface area contributed by atoms with E-state index in [-0.39, 0.29) is 22.6 Å². The highest BCUT2D eigenvalue weighted by molar-refractivity contribution is 7.90. The third-order valence-electron chi connectivity index (χ3n) is 4.80. The Bertz CT molecular complexity index is 1310. The van der Waals surface area contributed by atoms with Crippen molar-refractivity contribution in [2.75, 3.05) is 32.7 Å². The van der Waals surface area contributed by atoms with E-state index in [4.69, 9.17) is 14.2 Å². The lowest BCUT2D eigenvalue weighted by Gasteiger charge is -2.17. The third-order valence-corrected chi connectivity index (χ3v) is 5.93. The van der Waals surface area contributed by atoms with E-state index in [9.17, 15) is 38.2 Å². The minimum atomic E-state index is -3.53. The predicted octanol–water partition coefficient (Wildman–Crippen LogP) is 2.50. The molecule has 0 aliphatic rings. The van der Waals surface area contributed by atoms with Gasteiger partial charge in [0.25, 0.3) is 10.2 Å². The van der Waals surface area contributed by atoms with Crippen LogP contribution < -0.4 is 0 Å². The first-order valence-corrected chi connectivity index (χ1v) is 13.0. The largest absolute Gasteiger partial charge is 0.508 e. The molecule has 0 N–H and O–H groups in total. The molecular formula is C23H24N2O13S. The summed E-state index contributed by atoms with van der Waals surface area (Å²) in [6.07, 6.45) is -1.95. The van der Waals surface area contributed by atoms with Crippen molar-refractivity contribution in [3.05, 3.63) is 86.0 Å². The van der Waals surface area contributed by atoms with Gasteiger partial charge >= 0.3 is 12.1 Å². The van der Waals surface area contributed by atoms with Gasteiger partial charge < -0.3 is 23.9 Å². The molecule has 0 aromatic heterocycles. The molecule has 1 atom stereocenters. The lowest BCUT2D eigenvalue weighted by molar-refractivity contribution is -0.790. The average Bonchev–Trinajstić information content (AvgIpc) is 2.88. The Kier molecular flexibility index (Phi) is 11.2. The summed E-state index contributed by atoms with van der Waals surface area (Å²) in [5.41, 5.74) is 0.875. The van der Waals surface area contributed by atoms with Crippen LogP contribution in [0.1, 0.15) is 18.1 Å². The molecule has 0 heterocycles. The number of hydrogen-bond acceptors (Lipinski definition) is 13. The van der Waals surface area contributed by atoms with E-state index in [1.54, 1.807) is 37.3 Å². The van der Waals surface area contributed by atoms with E-state index >= 15 is 0 Å². The Labute approximate surface area is 222 Å². The number of esters is 1. The van der Waals surface area contributed by atoms with E-state index in [2.05, 4.69) is 9.68 Å². The van der Waals surface area contributed by atoms with E-state index in [0.717, 1.165) is 6.26 Å². The van der Waals surface area contributed by atoms with Crippen LogP contribution in [0, 0.1) is 20.2 Å². The summed E-state index contributed by atoms with van der Waals surface area (Å²) in [6, 6.07) is 13.7. The summed E-state index contributed by atoms with van der Waals surface area (Å²) in [5.74, 6) is -0.751. The van der Waals surface area contributed by atoms with Crippen LogP contribution in [0.15, 0.2) is 59.5 Å². The summed E-state index contributed by atoms with van der Waals surface area (Å²) in [5, 5.41) is 18.5. The van der Waals surface area contributed by atoms with Crippen LogP contribution in [0.2, 0.25) is 0 Å². The van der Waals surface area contributed by atoms with Gasteiger partial charge in [0, 0.05) is 11.8 Å².